The quantitative estimate of drug-likeness (QED) is 0.700. The van der Waals surface area contributed by atoms with E-state index >= 15 is 0 Å². The Labute approximate surface area is 171 Å². The number of nitrogens with one attached hydrogen (secondary N) is 1. The van der Waals surface area contributed by atoms with Crippen LogP contribution in [0, 0.1) is 11.3 Å². The lowest BCUT2D eigenvalue weighted by molar-refractivity contribution is 0.322. The third kappa shape index (κ3) is 5.27. The standard InChI is InChI=1S/C21H28N6O2/c1-3-28-18-9-15(10-19(11-18)29-4-2)14-27(17-5-7-24-8-6-17)21-25-13-16(12-22)20(23)26-21/h9-11,13,17,24H,3-8,14H2,1-2H3,(H2,23,25,26). The van der Waals surface area contributed by atoms with E-state index in [4.69, 9.17) is 20.5 Å². The first-order valence-corrected chi connectivity index (χ1v) is 10.0. The zero-order chi connectivity index (χ0) is 20.6. The van der Waals surface area contributed by atoms with Gasteiger partial charge in [0.2, 0.25) is 5.95 Å². The van der Waals surface area contributed by atoms with Gasteiger partial charge < -0.3 is 25.4 Å². The van der Waals surface area contributed by atoms with Gasteiger partial charge in [-0.3, -0.25) is 0 Å². The smallest absolute Gasteiger partial charge is 0.227 e. The average Bonchev–Trinajstić information content (AvgIpc) is 2.73. The minimum Gasteiger partial charge on any atom is -0.494 e. The fraction of sp³-hybridized carbons (Fsp3) is 0.476. The van der Waals surface area contributed by atoms with Crippen LogP contribution in [0.2, 0.25) is 0 Å². The normalized spacial score (nSPS) is 14.2. The molecule has 0 unspecified atom stereocenters. The first-order chi connectivity index (χ1) is 14.1. The molecule has 1 saturated heterocycles. The van der Waals surface area contributed by atoms with E-state index in [9.17, 15) is 0 Å². The van der Waals surface area contributed by atoms with E-state index in [0.29, 0.717) is 25.7 Å². The van der Waals surface area contributed by atoms with Crippen LogP contribution in [0.1, 0.15) is 37.8 Å². The molecule has 1 aromatic carbocycles. The summed E-state index contributed by atoms with van der Waals surface area (Å²) in [5.41, 5.74) is 7.30. The van der Waals surface area contributed by atoms with Crippen molar-refractivity contribution in [1.82, 2.24) is 15.3 Å². The number of nitrogens with two attached hydrogens (primary N) is 1. The lowest BCUT2D eigenvalue weighted by atomic mass is 10.0. The van der Waals surface area contributed by atoms with Crippen molar-refractivity contribution in [2.24, 2.45) is 0 Å². The highest BCUT2D eigenvalue weighted by Crippen LogP contribution is 2.27. The second-order valence-electron chi connectivity index (χ2n) is 6.87. The Morgan fingerprint density at radius 1 is 1.17 bits per heavy atom. The summed E-state index contributed by atoms with van der Waals surface area (Å²) in [7, 11) is 0. The molecular weight excluding hydrogens is 368 g/mol. The highest BCUT2D eigenvalue weighted by molar-refractivity contribution is 5.51. The summed E-state index contributed by atoms with van der Waals surface area (Å²) in [4.78, 5) is 11.0. The van der Waals surface area contributed by atoms with Crippen LogP contribution in [0.25, 0.3) is 0 Å². The fourth-order valence-corrected chi connectivity index (χ4v) is 3.51. The van der Waals surface area contributed by atoms with Crippen LogP contribution in [0.4, 0.5) is 11.8 Å². The lowest BCUT2D eigenvalue weighted by Gasteiger charge is -2.35. The average molecular weight is 396 g/mol. The minimum atomic E-state index is 0.203. The molecule has 0 bridgehead atoms. The molecule has 0 saturated carbocycles. The van der Waals surface area contributed by atoms with Gasteiger partial charge in [0.1, 0.15) is 28.9 Å². The molecule has 1 aromatic heterocycles. The van der Waals surface area contributed by atoms with E-state index in [-0.39, 0.29) is 17.4 Å². The number of ether oxygens (including phenoxy) is 2. The molecule has 2 aromatic rings. The summed E-state index contributed by atoms with van der Waals surface area (Å²) in [6, 6.07) is 8.24. The van der Waals surface area contributed by atoms with Crippen LogP contribution in [0.15, 0.2) is 24.4 Å². The van der Waals surface area contributed by atoms with Gasteiger partial charge in [0.05, 0.1) is 19.4 Å². The van der Waals surface area contributed by atoms with E-state index in [1.54, 1.807) is 0 Å². The molecule has 0 atom stereocenters. The predicted octanol–water partition coefficient (Wildman–Crippen LogP) is 2.49. The number of nitrogens with zero attached hydrogens (tertiary/aromatic N) is 4. The van der Waals surface area contributed by atoms with E-state index in [1.807, 2.05) is 38.1 Å². The number of hydrogen-bond donors (Lipinski definition) is 2. The van der Waals surface area contributed by atoms with Crippen LogP contribution < -0.4 is 25.4 Å². The first-order valence-electron chi connectivity index (χ1n) is 10.0. The van der Waals surface area contributed by atoms with E-state index in [1.165, 1.54) is 6.20 Å². The Bertz CT molecular complexity index is 836. The van der Waals surface area contributed by atoms with Crippen molar-refractivity contribution < 1.29 is 9.47 Å². The molecule has 3 N–H and O–H groups in total. The first kappa shape index (κ1) is 20.7. The van der Waals surface area contributed by atoms with Crippen molar-refractivity contribution in [1.29, 1.82) is 5.26 Å². The van der Waals surface area contributed by atoms with Crippen LogP contribution in [-0.2, 0) is 6.54 Å². The summed E-state index contributed by atoms with van der Waals surface area (Å²) >= 11 is 0. The Balaban J connectivity index is 1.94. The van der Waals surface area contributed by atoms with Gasteiger partial charge in [-0.05, 0) is 57.5 Å². The van der Waals surface area contributed by atoms with Gasteiger partial charge in [-0.25, -0.2) is 4.98 Å². The molecule has 0 spiro atoms. The molecule has 0 aliphatic carbocycles. The van der Waals surface area contributed by atoms with Crippen molar-refractivity contribution >= 4 is 11.8 Å². The second-order valence-corrected chi connectivity index (χ2v) is 6.87. The van der Waals surface area contributed by atoms with Crippen LogP contribution in [0.5, 0.6) is 11.5 Å². The summed E-state index contributed by atoms with van der Waals surface area (Å²) < 4.78 is 11.4. The summed E-state index contributed by atoms with van der Waals surface area (Å²) in [6.07, 6.45) is 3.45. The topological polar surface area (TPSA) is 109 Å². The molecule has 154 valence electrons. The molecule has 3 rings (SSSR count). The number of nitriles is 1. The SMILES string of the molecule is CCOc1cc(CN(c2ncc(C#N)c(N)n2)C2CCNCC2)cc(OCC)c1. The van der Waals surface area contributed by atoms with Gasteiger partial charge in [0.15, 0.2) is 0 Å². The van der Waals surface area contributed by atoms with Crippen molar-refractivity contribution in [2.45, 2.75) is 39.3 Å². The molecule has 1 fully saturated rings. The van der Waals surface area contributed by atoms with Crippen molar-refractivity contribution in [3.8, 4) is 17.6 Å². The van der Waals surface area contributed by atoms with Gasteiger partial charge >= 0.3 is 0 Å². The van der Waals surface area contributed by atoms with Crippen molar-refractivity contribution in [3.05, 3.63) is 35.5 Å². The number of nitrogen functional groups attached to an aromatic ring is 1. The maximum absolute atomic E-state index is 9.13. The van der Waals surface area contributed by atoms with Crippen molar-refractivity contribution in [3.63, 3.8) is 0 Å². The monoisotopic (exact) mass is 396 g/mol. The summed E-state index contributed by atoms with van der Waals surface area (Å²) in [5.74, 6) is 2.29. The van der Waals surface area contributed by atoms with Gasteiger partial charge in [-0.1, -0.05) is 0 Å². The zero-order valence-corrected chi connectivity index (χ0v) is 17.0. The Morgan fingerprint density at radius 2 is 1.83 bits per heavy atom. The minimum absolute atomic E-state index is 0.203. The van der Waals surface area contributed by atoms with Crippen LogP contribution in [-0.4, -0.2) is 42.3 Å². The number of benzene rings is 1. The molecule has 2 heterocycles. The Hall–Kier alpha value is -3.05. The van der Waals surface area contributed by atoms with Gasteiger partial charge in [0.25, 0.3) is 0 Å². The van der Waals surface area contributed by atoms with E-state index in [2.05, 4.69) is 20.2 Å². The van der Waals surface area contributed by atoms with Crippen LogP contribution >= 0.6 is 0 Å². The number of rotatable bonds is 8. The molecule has 0 radical (unpaired) electrons. The van der Waals surface area contributed by atoms with Gasteiger partial charge in [-0.15, -0.1) is 0 Å². The molecule has 8 heteroatoms. The third-order valence-electron chi connectivity index (χ3n) is 4.85. The Morgan fingerprint density at radius 3 is 2.38 bits per heavy atom. The molecule has 1 aliphatic rings. The molecule has 0 amide bonds. The van der Waals surface area contributed by atoms with Crippen LogP contribution in [0.3, 0.4) is 0 Å². The van der Waals surface area contributed by atoms with Crippen molar-refractivity contribution in [2.75, 3.05) is 36.9 Å². The molecule has 1 aliphatic heterocycles. The number of aromatic nitrogens is 2. The second kappa shape index (κ2) is 9.94. The number of hydrogen-bond acceptors (Lipinski definition) is 8. The predicted molar refractivity (Wildman–Crippen MR) is 112 cm³/mol. The largest absolute Gasteiger partial charge is 0.494 e. The fourth-order valence-electron chi connectivity index (χ4n) is 3.51. The maximum Gasteiger partial charge on any atom is 0.227 e. The third-order valence-corrected chi connectivity index (χ3v) is 4.85. The van der Waals surface area contributed by atoms with E-state index < -0.39 is 0 Å². The zero-order valence-electron chi connectivity index (χ0n) is 17.0. The highest BCUT2D eigenvalue weighted by atomic mass is 16.5. The van der Waals surface area contributed by atoms with E-state index in [0.717, 1.165) is 43.0 Å². The molecule has 8 nitrogen and oxygen atoms in total. The maximum atomic E-state index is 9.13. The summed E-state index contributed by atoms with van der Waals surface area (Å²) in [6.45, 7) is 7.57. The summed E-state index contributed by atoms with van der Waals surface area (Å²) in [5, 5.41) is 12.5. The number of piperidine rings is 1. The Kier molecular flexibility index (Phi) is 7.09. The van der Waals surface area contributed by atoms with Gasteiger partial charge in [0, 0.05) is 18.7 Å². The highest BCUT2D eigenvalue weighted by Gasteiger charge is 2.24. The lowest BCUT2D eigenvalue weighted by Crippen LogP contribution is -2.43. The molecule has 29 heavy (non-hydrogen) atoms. The van der Waals surface area contributed by atoms with Gasteiger partial charge in [-0.2, -0.15) is 10.2 Å². The number of anilines is 2. The molecular formula is C21H28N6O2.